The highest BCUT2D eigenvalue weighted by molar-refractivity contribution is 6.31. The number of carbonyl (C=O) groups is 1. The van der Waals surface area contributed by atoms with Crippen LogP contribution in [-0.2, 0) is 18.2 Å². The number of halogens is 1. The summed E-state index contributed by atoms with van der Waals surface area (Å²) in [5, 5.41) is 12.4. The second kappa shape index (κ2) is 9.05. The molecule has 1 saturated heterocycles. The lowest BCUT2D eigenvalue weighted by Crippen LogP contribution is -2.49. The first-order valence-corrected chi connectivity index (χ1v) is 11.4. The Kier molecular flexibility index (Phi) is 6.34. The van der Waals surface area contributed by atoms with Crippen molar-refractivity contribution < 1.29 is 9.53 Å². The van der Waals surface area contributed by atoms with Gasteiger partial charge in [0.15, 0.2) is 5.82 Å². The fourth-order valence-electron chi connectivity index (χ4n) is 4.11. The summed E-state index contributed by atoms with van der Waals surface area (Å²) in [6.07, 6.45) is 3.27. The number of anilines is 1. The number of hydrogen-bond acceptors (Lipinski definition) is 6. The van der Waals surface area contributed by atoms with Gasteiger partial charge in [-0.3, -0.25) is 4.79 Å². The van der Waals surface area contributed by atoms with Gasteiger partial charge in [0.1, 0.15) is 17.4 Å². The van der Waals surface area contributed by atoms with Crippen LogP contribution < -0.4 is 15.8 Å². The largest absolute Gasteiger partial charge is 0.444 e. The molecular weight excluding hydrogens is 444 g/mol. The summed E-state index contributed by atoms with van der Waals surface area (Å²) in [5.41, 5.74) is 1.40. The van der Waals surface area contributed by atoms with Gasteiger partial charge in [0.25, 0.3) is 5.56 Å². The van der Waals surface area contributed by atoms with Gasteiger partial charge in [-0.25, -0.2) is 14.0 Å². The summed E-state index contributed by atoms with van der Waals surface area (Å²) in [5.74, 6) is 0.704. The monoisotopic (exact) mass is 472 g/mol. The summed E-state index contributed by atoms with van der Waals surface area (Å²) in [6, 6.07) is 7.50. The van der Waals surface area contributed by atoms with Crippen molar-refractivity contribution in [2.24, 2.45) is 7.05 Å². The molecule has 3 heterocycles. The fourth-order valence-corrected chi connectivity index (χ4v) is 4.31. The van der Waals surface area contributed by atoms with Crippen LogP contribution in [0.5, 0.6) is 0 Å². The molecule has 0 radical (unpaired) electrons. The van der Waals surface area contributed by atoms with E-state index in [1.165, 1.54) is 15.5 Å². The number of nitrogens with zero attached hydrogens (tertiary/aromatic N) is 5. The fraction of sp³-hybridized carbons (Fsp3) is 0.478. The van der Waals surface area contributed by atoms with E-state index < -0.39 is 11.7 Å². The molecule has 1 fully saturated rings. The molecule has 33 heavy (non-hydrogen) atoms. The zero-order valence-corrected chi connectivity index (χ0v) is 20.1. The number of aromatic nitrogens is 4. The van der Waals surface area contributed by atoms with Gasteiger partial charge in [0.05, 0.1) is 0 Å². The molecule has 0 saturated carbocycles. The predicted molar refractivity (Wildman–Crippen MR) is 127 cm³/mol. The van der Waals surface area contributed by atoms with Crippen molar-refractivity contribution in [3.05, 3.63) is 57.1 Å². The molecule has 1 N–H and O–H groups in total. The molecule has 1 aliphatic heterocycles. The molecule has 10 heteroatoms. The van der Waals surface area contributed by atoms with E-state index in [4.69, 9.17) is 21.4 Å². The quantitative estimate of drug-likeness (QED) is 0.626. The lowest BCUT2D eigenvalue weighted by atomic mass is 10.0. The molecule has 0 unspecified atom stereocenters. The van der Waals surface area contributed by atoms with Crippen LogP contribution >= 0.6 is 11.6 Å². The number of rotatable bonds is 4. The molecule has 0 bridgehead atoms. The highest BCUT2D eigenvalue weighted by atomic mass is 35.5. The summed E-state index contributed by atoms with van der Waals surface area (Å²) in [4.78, 5) is 27.4. The van der Waals surface area contributed by atoms with Crippen molar-refractivity contribution in [1.29, 1.82) is 0 Å². The number of piperidine rings is 1. The van der Waals surface area contributed by atoms with Crippen molar-refractivity contribution in [1.82, 2.24) is 24.7 Å². The number of amides is 1. The number of hydrogen-bond donors (Lipinski definition) is 1. The van der Waals surface area contributed by atoms with E-state index >= 15 is 0 Å². The van der Waals surface area contributed by atoms with Crippen molar-refractivity contribution in [3.63, 3.8) is 0 Å². The van der Waals surface area contributed by atoms with Crippen LogP contribution in [-0.4, -0.2) is 50.2 Å². The van der Waals surface area contributed by atoms with Gasteiger partial charge in [0, 0.05) is 43.2 Å². The minimum absolute atomic E-state index is 0.0902. The van der Waals surface area contributed by atoms with Gasteiger partial charge >= 0.3 is 6.09 Å². The Hall–Kier alpha value is -3.07. The Morgan fingerprint density at radius 2 is 2.06 bits per heavy atom. The third-order valence-electron chi connectivity index (χ3n) is 5.58. The average molecular weight is 473 g/mol. The number of carbonyl (C=O) groups excluding carboxylic acids is 1. The molecule has 1 atom stereocenters. The van der Waals surface area contributed by atoms with Crippen LogP contribution in [0.3, 0.4) is 0 Å². The molecule has 1 aliphatic rings. The van der Waals surface area contributed by atoms with E-state index in [2.05, 4.69) is 15.3 Å². The number of nitrogens with one attached hydrogen (secondary N) is 1. The van der Waals surface area contributed by atoms with Crippen molar-refractivity contribution in [2.45, 2.75) is 51.7 Å². The van der Waals surface area contributed by atoms with E-state index in [-0.39, 0.29) is 11.6 Å². The van der Waals surface area contributed by atoms with E-state index in [1.807, 2.05) is 45.0 Å². The number of alkyl carbamates (subject to hydrolysis) is 1. The topological polar surface area (TPSA) is 93.8 Å². The second-order valence-corrected chi connectivity index (χ2v) is 9.76. The highest BCUT2D eigenvalue weighted by Gasteiger charge is 2.28. The number of ether oxygens (including phenoxy) is 1. The van der Waals surface area contributed by atoms with Crippen molar-refractivity contribution in [3.8, 4) is 0 Å². The maximum absolute atomic E-state index is 13.0. The van der Waals surface area contributed by atoms with E-state index in [0.29, 0.717) is 29.3 Å². The van der Waals surface area contributed by atoms with Gasteiger partial charge in [-0.1, -0.05) is 29.8 Å². The van der Waals surface area contributed by atoms with Crippen LogP contribution in [0.1, 0.15) is 44.7 Å². The third kappa shape index (κ3) is 5.13. The summed E-state index contributed by atoms with van der Waals surface area (Å²) in [7, 11) is 1.62. The lowest BCUT2D eigenvalue weighted by molar-refractivity contribution is 0.0500. The maximum Gasteiger partial charge on any atom is 0.407 e. The number of aryl methyl sites for hydroxylation is 1. The van der Waals surface area contributed by atoms with Crippen molar-refractivity contribution in [2.75, 3.05) is 18.0 Å². The van der Waals surface area contributed by atoms with Crippen LogP contribution in [0.4, 0.5) is 10.6 Å². The Bertz CT molecular complexity index is 1230. The molecule has 0 spiro atoms. The summed E-state index contributed by atoms with van der Waals surface area (Å²) >= 11 is 6.44. The van der Waals surface area contributed by atoms with Gasteiger partial charge in [0.2, 0.25) is 0 Å². The predicted octanol–water partition coefficient (Wildman–Crippen LogP) is 3.17. The smallest absolute Gasteiger partial charge is 0.407 e. The molecule has 1 aromatic carbocycles. The van der Waals surface area contributed by atoms with Gasteiger partial charge < -0.3 is 15.0 Å². The first-order valence-electron chi connectivity index (χ1n) is 11.0. The Balaban J connectivity index is 1.68. The Morgan fingerprint density at radius 3 is 2.79 bits per heavy atom. The molecule has 4 rings (SSSR count). The zero-order chi connectivity index (χ0) is 23.8. The number of fused-ring (bicyclic) bond motifs is 1. The molecular formula is C23H29ClN6O3. The first kappa shape index (κ1) is 23.1. The van der Waals surface area contributed by atoms with Crippen LogP contribution in [0.15, 0.2) is 35.4 Å². The summed E-state index contributed by atoms with van der Waals surface area (Å²) in [6.45, 7) is 6.84. The molecule has 9 nitrogen and oxygen atoms in total. The highest BCUT2D eigenvalue weighted by Crippen LogP contribution is 2.29. The van der Waals surface area contributed by atoms with E-state index in [1.54, 1.807) is 7.05 Å². The van der Waals surface area contributed by atoms with Gasteiger partial charge in [-0.2, -0.15) is 5.10 Å². The molecule has 176 valence electrons. The van der Waals surface area contributed by atoms with Crippen molar-refractivity contribution >= 4 is 29.0 Å². The molecule has 3 aromatic rings. The van der Waals surface area contributed by atoms with E-state index in [0.717, 1.165) is 30.5 Å². The van der Waals surface area contributed by atoms with E-state index in [9.17, 15) is 9.59 Å². The average Bonchev–Trinajstić information content (AvgIpc) is 3.10. The molecule has 1 amide bonds. The number of benzene rings is 1. The van der Waals surface area contributed by atoms with Crippen LogP contribution in [0, 0.1) is 0 Å². The SMILES string of the molecule is Cn1ncn2nc(N3CCC[C@@H](NC(=O)OC(C)(C)C)C3)c(Cc3ccccc3Cl)c2c1=O. The standard InChI is InChI=1S/C23H29ClN6O3/c1-23(2,3)33-22(32)26-16-9-7-11-29(13-16)20-17(12-15-8-5-6-10-18(15)24)19-21(31)28(4)25-14-30(19)27-20/h5-6,8,10,14,16H,7,9,11-13H2,1-4H3,(H,26,32)/t16-/m1/s1. The Labute approximate surface area is 197 Å². The van der Waals surface area contributed by atoms with Gasteiger partial charge in [-0.05, 0) is 45.2 Å². The first-order chi connectivity index (χ1) is 15.6. The Morgan fingerprint density at radius 1 is 1.30 bits per heavy atom. The second-order valence-electron chi connectivity index (χ2n) is 9.35. The van der Waals surface area contributed by atoms with Gasteiger partial charge in [-0.15, -0.1) is 5.10 Å². The minimum Gasteiger partial charge on any atom is -0.444 e. The van der Waals surface area contributed by atoms with Crippen LogP contribution in [0.2, 0.25) is 5.02 Å². The van der Waals surface area contributed by atoms with Crippen LogP contribution in [0.25, 0.3) is 5.52 Å². The lowest BCUT2D eigenvalue weighted by Gasteiger charge is -2.34. The normalized spacial score (nSPS) is 16.8. The molecule has 2 aromatic heterocycles. The summed E-state index contributed by atoms with van der Waals surface area (Å²) < 4.78 is 8.26. The molecule has 0 aliphatic carbocycles. The minimum atomic E-state index is -0.560. The zero-order valence-electron chi connectivity index (χ0n) is 19.3. The maximum atomic E-state index is 13.0. The third-order valence-corrected chi connectivity index (χ3v) is 5.95.